The first-order valence-electron chi connectivity index (χ1n) is 7.61. The number of ether oxygens (including phenoxy) is 2. The summed E-state index contributed by atoms with van der Waals surface area (Å²) in [6, 6.07) is 7.40. The summed E-state index contributed by atoms with van der Waals surface area (Å²) in [4.78, 5) is 0. The molecule has 0 radical (unpaired) electrons. The number of allylic oxidation sites excluding steroid dienone is 1. The predicted octanol–water partition coefficient (Wildman–Crippen LogP) is 2.52. The first kappa shape index (κ1) is 15.9. The van der Waals surface area contributed by atoms with Gasteiger partial charge >= 0.3 is 0 Å². The molecule has 0 aromatic heterocycles. The lowest BCUT2D eigenvalue weighted by Gasteiger charge is -2.14. The SMILES string of the molecule is COc1cccc(OCC(O)CNCCC2=CCCC2)c1. The van der Waals surface area contributed by atoms with Crippen LogP contribution in [-0.4, -0.2) is 38.0 Å². The molecule has 2 N–H and O–H groups in total. The van der Waals surface area contributed by atoms with Gasteiger partial charge in [0.05, 0.1) is 7.11 Å². The van der Waals surface area contributed by atoms with Gasteiger partial charge in [0.1, 0.15) is 24.2 Å². The molecule has 0 fully saturated rings. The minimum atomic E-state index is -0.506. The van der Waals surface area contributed by atoms with E-state index in [-0.39, 0.29) is 6.61 Å². The highest BCUT2D eigenvalue weighted by Gasteiger charge is 2.07. The molecular formula is C17H25NO3. The van der Waals surface area contributed by atoms with E-state index >= 15 is 0 Å². The minimum Gasteiger partial charge on any atom is -0.497 e. The highest BCUT2D eigenvalue weighted by molar-refractivity contribution is 5.32. The van der Waals surface area contributed by atoms with E-state index in [2.05, 4.69) is 11.4 Å². The summed E-state index contributed by atoms with van der Waals surface area (Å²) < 4.78 is 10.7. The van der Waals surface area contributed by atoms with Crippen LogP contribution >= 0.6 is 0 Å². The van der Waals surface area contributed by atoms with E-state index in [0.717, 1.165) is 18.7 Å². The van der Waals surface area contributed by atoms with Crippen molar-refractivity contribution in [1.82, 2.24) is 5.32 Å². The van der Waals surface area contributed by atoms with Crippen molar-refractivity contribution in [1.29, 1.82) is 0 Å². The van der Waals surface area contributed by atoms with Crippen LogP contribution < -0.4 is 14.8 Å². The quantitative estimate of drug-likeness (QED) is 0.542. The average molecular weight is 291 g/mol. The number of rotatable bonds is 9. The number of nitrogens with one attached hydrogen (secondary N) is 1. The molecule has 2 rings (SSSR count). The first-order valence-corrected chi connectivity index (χ1v) is 7.61. The number of methoxy groups -OCH3 is 1. The molecule has 1 aliphatic carbocycles. The smallest absolute Gasteiger partial charge is 0.123 e. The lowest BCUT2D eigenvalue weighted by molar-refractivity contribution is 0.106. The van der Waals surface area contributed by atoms with Crippen molar-refractivity contribution >= 4 is 0 Å². The Hall–Kier alpha value is -1.52. The van der Waals surface area contributed by atoms with Crippen molar-refractivity contribution in [2.24, 2.45) is 0 Å². The van der Waals surface area contributed by atoms with Crippen molar-refractivity contribution < 1.29 is 14.6 Å². The highest BCUT2D eigenvalue weighted by atomic mass is 16.5. The maximum absolute atomic E-state index is 9.90. The molecule has 1 atom stereocenters. The molecule has 0 aliphatic heterocycles. The van der Waals surface area contributed by atoms with Crippen molar-refractivity contribution in [2.45, 2.75) is 31.8 Å². The third-order valence-corrected chi connectivity index (χ3v) is 3.62. The van der Waals surface area contributed by atoms with Gasteiger partial charge in [0, 0.05) is 12.6 Å². The summed E-state index contributed by atoms with van der Waals surface area (Å²) in [6.45, 7) is 1.75. The number of aliphatic hydroxyl groups excluding tert-OH is 1. The van der Waals surface area contributed by atoms with Gasteiger partial charge in [-0.15, -0.1) is 0 Å². The Morgan fingerprint density at radius 2 is 2.19 bits per heavy atom. The van der Waals surface area contributed by atoms with E-state index in [9.17, 15) is 5.11 Å². The Labute approximate surface area is 126 Å². The molecule has 21 heavy (non-hydrogen) atoms. The van der Waals surface area contributed by atoms with Gasteiger partial charge in [-0.3, -0.25) is 0 Å². The number of benzene rings is 1. The van der Waals surface area contributed by atoms with Crippen molar-refractivity contribution in [3.05, 3.63) is 35.9 Å². The summed E-state index contributed by atoms with van der Waals surface area (Å²) in [6.07, 6.45) is 6.68. The maximum Gasteiger partial charge on any atom is 0.123 e. The third kappa shape index (κ3) is 5.78. The van der Waals surface area contributed by atoms with Crippen LogP contribution in [0.1, 0.15) is 25.7 Å². The molecule has 1 aromatic carbocycles. The van der Waals surface area contributed by atoms with E-state index in [1.165, 1.54) is 19.3 Å². The summed E-state index contributed by atoms with van der Waals surface area (Å²) in [5, 5.41) is 13.2. The second-order valence-electron chi connectivity index (χ2n) is 5.35. The average Bonchev–Trinajstić information content (AvgIpc) is 3.03. The minimum absolute atomic E-state index is 0.281. The summed E-state index contributed by atoms with van der Waals surface area (Å²) in [5.74, 6) is 1.47. The van der Waals surface area contributed by atoms with Crippen LogP contribution in [0.15, 0.2) is 35.9 Å². The van der Waals surface area contributed by atoms with Crippen molar-refractivity contribution in [3.8, 4) is 11.5 Å². The van der Waals surface area contributed by atoms with Crippen LogP contribution in [0.3, 0.4) is 0 Å². The van der Waals surface area contributed by atoms with Crippen LogP contribution in [-0.2, 0) is 0 Å². The third-order valence-electron chi connectivity index (χ3n) is 3.62. The molecule has 0 amide bonds. The van der Waals surface area contributed by atoms with Gasteiger partial charge in [0.2, 0.25) is 0 Å². The molecule has 0 heterocycles. The van der Waals surface area contributed by atoms with Crippen molar-refractivity contribution in [3.63, 3.8) is 0 Å². The Kier molecular flexibility index (Phi) is 6.57. The van der Waals surface area contributed by atoms with Gasteiger partial charge in [-0.25, -0.2) is 0 Å². The van der Waals surface area contributed by atoms with Crippen molar-refractivity contribution in [2.75, 3.05) is 26.8 Å². The fraction of sp³-hybridized carbons (Fsp3) is 0.529. The van der Waals surface area contributed by atoms with E-state index in [1.807, 2.05) is 24.3 Å². The van der Waals surface area contributed by atoms with Gasteiger partial charge < -0.3 is 19.9 Å². The zero-order valence-corrected chi connectivity index (χ0v) is 12.7. The summed E-state index contributed by atoms with van der Waals surface area (Å²) in [5.41, 5.74) is 1.55. The zero-order valence-electron chi connectivity index (χ0n) is 12.7. The van der Waals surface area contributed by atoms with Gasteiger partial charge in [-0.1, -0.05) is 17.7 Å². The molecule has 0 spiro atoms. The van der Waals surface area contributed by atoms with E-state index < -0.39 is 6.10 Å². The Balaban J connectivity index is 1.59. The Bertz CT molecular complexity index is 459. The van der Waals surface area contributed by atoms with E-state index in [4.69, 9.17) is 9.47 Å². The fourth-order valence-corrected chi connectivity index (χ4v) is 2.42. The number of hydrogen-bond acceptors (Lipinski definition) is 4. The Morgan fingerprint density at radius 1 is 1.33 bits per heavy atom. The summed E-state index contributed by atoms with van der Waals surface area (Å²) >= 11 is 0. The normalized spacial score (nSPS) is 15.6. The summed E-state index contributed by atoms with van der Waals surface area (Å²) in [7, 11) is 1.62. The number of hydrogen-bond donors (Lipinski definition) is 2. The first-order chi connectivity index (χ1) is 10.3. The molecule has 0 saturated carbocycles. The lowest BCUT2D eigenvalue weighted by Crippen LogP contribution is -2.32. The van der Waals surface area contributed by atoms with Crippen LogP contribution in [0.25, 0.3) is 0 Å². The second kappa shape index (κ2) is 8.70. The van der Waals surface area contributed by atoms with Crippen LogP contribution in [0, 0.1) is 0 Å². The molecule has 4 heteroatoms. The van der Waals surface area contributed by atoms with Crippen LogP contribution in [0.5, 0.6) is 11.5 Å². The molecule has 1 unspecified atom stereocenters. The lowest BCUT2D eigenvalue weighted by atomic mass is 10.2. The standard InChI is InChI=1S/C17H25NO3/c1-20-16-7-4-8-17(11-16)21-13-15(19)12-18-10-9-14-5-2-3-6-14/h4-5,7-8,11,15,18-19H,2-3,6,9-10,12-13H2,1H3. The molecule has 4 nitrogen and oxygen atoms in total. The Morgan fingerprint density at radius 3 is 2.95 bits per heavy atom. The molecule has 116 valence electrons. The van der Waals surface area contributed by atoms with Crippen LogP contribution in [0.2, 0.25) is 0 Å². The molecule has 0 saturated heterocycles. The number of aliphatic hydroxyl groups is 1. The largest absolute Gasteiger partial charge is 0.497 e. The predicted molar refractivity (Wildman–Crippen MR) is 83.9 cm³/mol. The van der Waals surface area contributed by atoms with Gasteiger partial charge in [-0.2, -0.15) is 0 Å². The molecule has 1 aliphatic rings. The van der Waals surface area contributed by atoms with E-state index in [0.29, 0.717) is 12.3 Å². The topological polar surface area (TPSA) is 50.7 Å². The van der Waals surface area contributed by atoms with E-state index in [1.54, 1.807) is 12.7 Å². The van der Waals surface area contributed by atoms with Gasteiger partial charge in [0.25, 0.3) is 0 Å². The second-order valence-corrected chi connectivity index (χ2v) is 5.35. The van der Waals surface area contributed by atoms with Gasteiger partial charge in [0.15, 0.2) is 0 Å². The maximum atomic E-state index is 9.90. The molecule has 0 bridgehead atoms. The zero-order chi connectivity index (χ0) is 14.9. The monoisotopic (exact) mass is 291 g/mol. The van der Waals surface area contributed by atoms with Gasteiger partial charge in [-0.05, 0) is 44.4 Å². The fourth-order valence-electron chi connectivity index (χ4n) is 2.42. The van der Waals surface area contributed by atoms with Crippen LogP contribution in [0.4, 0.5) is 0 Å². The highest BCUT2D eigenvalue weighted by Crippen LogP contribution is 2.20. The molecular weight excluding hydrogens is 266 g/mol. The molecule has 1 aromatic rings.